The molecule has 0 unspecified atom stereocenters. The Morgan fingerprint density at radius 1 is 0.960 bits per heavy atom. The molecule has 1 aromatic rings. The number of esters is 1. The van der Waals surface area contributed by atoms with Crippen LogP contribution in [-0.2, 0) is 4.74 Å². The molecular formula is C19H20O2S4. The van der Waals surface area contributed by atoms with Crippen LogP contribution in [0.25, 0.3) is 4.91 Å². The average molecular weight is 409 g/mol. The second-order valence-electron chi connectivity index (χ2n) is 5.56. The number of carbonyl (C=O) groups excluding carboxylic acids is 1. The van der Waals surface area contributed by atoms with Gasteiger partial charge in [-0.3, -0.25) is 0 Å². The summed E-state index contributed by atoms with van der Waals surface area (Å²) in [6.07, 6.45) is 4.45. The fourth-order valence-electron chi connectivity index (χ4n) is 2.32. The molecule has 2 aliphatic rings. The topological polar surface area (TPSA) is 26.3 Å². The second-order valence-corrected chi connectivity index (χ2v) is 9.84. The molecule has 2 heterocycles. The first kappa shape index (κ1) is 19.1. The van der Waals surface area contributed by atoms with Gasteiger partial charge in [0, 0.05) is 4.91 Å². The molecule has 0 radical (unpaired) electrons. The fourth-order valence-corrected chi connectivity index (χ4v) is 6.80. The van der Waals surface area contributed by atoms with Crippen molar-refractivity contribution in [3.8, 4) is 0 Å². The van der Waals surface area contributed by atoms with Crippen LogP contribution in [0.3, 0.4) is 0 Å². The smallest absolute Gasteiger partial charge is 0.338 e. The van der Waals surface area contributed by atoms with Crippen molar-refractivity contribution in [3.63, 3.8) is 0 Å². The van der Waals surface area contributed by atoms with Crippen LogP contribution in [0, 0.1) is 0 Å². The van der Waals surface area contributed by atoms with E-state index in [1.165, 1.54) is 26.2 Å². The maximum Gasteiger partial charge on any atom is 0.338 e. The number of benzene rings is 1. The normalized spacial score (nSPS) is 16.4. The molecule has 0 atom stereocenters. The molecule has 1 aromatic carbocycles. The maximum absolute atomic E-state index is 12.1. The predicted molar refractivity (Wildman–Crippen MR) is 115 cm³/mol. The van der Waals surface area contributed by atoms with E-state index in [-0.39, 0.29) is 5.97 Å². The maximum atomic E-state index is 12.1. The van der Waals surface area contributed by atoms with Crippen molar-refractivity contribution < 1.29 is 9.53 Å². The molecule has 3 rings (SSSR count). The molecule has 2 nitrogen and oxygen atoms in total. The molecule has 2 aliphatic heterocycles. The summed E-state index contributed by atoms with van der Waals surface area (Å²) in [5.74, 6) is -0.224. The van der Waals surface area contributed by atoms with Gasteiger partial charge >= 0.3 is 5.97 Å². The Labute approximate surface area is 166 Å². The van der Waals surface area contributed by atoms with E-state index in [0.717, 1.165) is 18.4 Å². The third-order valence-electron chi connectivity index (χ3n) is 3.68. The third-order valence-corrected chi connectivity index (χ3v) is 8.75. The van der Waals surface area contributed by atoms with Gasteiger partial charge in [0.1, 0.15) is 0 Å². The molecule has 0 aliphatic carbocycles. The Hall–Kier alpha value is -0.690. The van der Waals surface area contributed by atoms with Gasteiger partial charge in [-0.15, -0.1) is 0 Å². The molecule has 0 amide bonds. The van der Waals surface area contributed by atoms with Gasteiger partial charge in [-0.2, -0.15) is 0 Å². The van der Waals surface area contributed by atoms with E-state index >= 15 is 0 Å². The summed E-state index contributed by atoms with van der Waals surface area (Å²) < 4.78 is 8.03. The lowest BCUT2D eigenvalue weighted by Crippen LogP contribution is -2.06. The predicted octanol–water partition coefficient (Wildman–Crippen LogP) is 7.28. The first-order valence-corrected chi connectivity index (χ1v) is 11.8. The van der Waals surface area contributed by atoms with Gasteiger partial charge in [0.15, 0.2) is 0 Å². The highest BCUT2D eigenvalue weighted by molar-refractivity contribution is 8.35. The Bertz CT molecular complexity index is 695. The molecule has 6 heteroatoms. The van der Waals surface area contributed by atoms with Gasteiger partial charge in [-0.25, -0.2) is 4.79 Å². The van der Waals surface area contributed by atoms with E-state index < -0.39 is 0 Å². The number of unbranched alkanes of at least 4 members (excludes halogenated alkanes) is 3. The zero-order valence-electron chi connectivity index (χ0n) is 14.0. The molecule has 0 saturated heterocycles. The lowest BCUT2D eigenvalue weighted by molar-refractivity contribution is 0.0498. The van der Waals surface area contributed by atoms with Crippen molar-refractivity contribution in [2.75, 3.05) is 6.61 Å². The Balaban J connectivity index is 1.52. The van der Waals surface area contributed by atoms with Crippen molar-refractivity contribution in [2.45, 2.75) is 32.6 Å². The van der Waals surface area contributed by atoms with E-state index in [4.69, 9.17) is 4.74 Å². The minimum atomic E-state index is -0.224. The molecule has 0 spiro atoms. The van der Waals surface area contributed by atoms with Crippen LogP contribution >= 0.6 is 47.0 Å². The highest BCUT2D eigenvalue weighted by Gasteiger charge is 2.20. The summed E-state index contributed by atoms with van der Waals surface area (Å²) in [7, 11) is 0. The van der Waals surface area contributed by atoms with Gasteiger partial charge in [-0.05, 0) is 40.3 Å². The van der Waals surface area contributed by atoms with Crippen molar-refractivity contribution in [1.82, 2.24) is 0 Å². The highest BCUT2D eigenvalue weighted by atomic mass is 32.2. The first-order valence-electron chi connectivity index (χ1n) is 8.33. The molecule has 0 aromatic heterocycles. The monoisotopic (exact) mass is 408 g/mol. The average Bonchev–Trinajstić information content (AvgIpc) is 3.33. The molecule has 0 saturated carbocycles. The van der Waals surface area contributed by atoms with Crippen LogP contribution in [0.1, 0.15) is 48.5 Å². The summed E-state index contributed by atoms with van der Waals surface area (Å²) >= 11 is 7.14. The van der Waals surface area contributed by atoms with Crippen LogP contribution in [0.4, 0.5) is 0 Å². The molecule has 0 fully saturated rings. The van der Waals surface area contributed by atoms with E-state index in [9.17, 15) is 4.79 Å². The molecule has 0 bridgehead atoms. The summed E-state index contributed by atoms with van der Waals surface area (Å²) in [5.41, 5.74) is 1.77. The second kappa shape index (κ2) is 9.86. The third kappa shape index (κ3) is 5.39. The van der Waals surface area contributed by atoms with E-state index in [1.807, 2.05) is 24.3 Å². The van der Waals surface area contributed by atoms with Crippen LogP contribution in [-0.4, -0.2) is 12.6 Å². The first-order chi connectivity index (χ1) is 12.3. The number of thioether (sulfide) groups is 4. The van der Waals surface area contributed by atoms with Crippen molar-refractivity contribution in [1.29, 1.82) is 0 Å². The number of rotatable bonds is 7. The lowest BCUT2D eigenvalue weighted by Gasteiger charge is -2.06. The van der Waals surface area contributed by atoms with Gasteiger partial charge in [0.2, 0.25) is 0 Å². The van der Waals surface area contributed by atoms with Crippen molar-refractivity contribution in [3.05, 3.63) is 60.1 Å². The Kier molecular flexibility index (Phi) is 7.52. The van der Waals surface area contributed by atoms with Crippen LogP contribution < -0.4 is 0 Å². The fraction of sp³-hybridized carbons (Fsp3) is 0.316. The van der Waals surface area contributed by atoms with E-state index in [2.05, 4.69) is 23.1 Å². The SMILES string of the molecule is CCCCCCOC(=O)c1ccc(C2=CSC(=C3SC=CS3)S2)cc1. The quantitative estimate of drug-likeness (QED) is 0.347. The zero-order chi connectivity index (χ0) is 17.5. The minimum absolute atomic E-state index is 0.224. The lowest BCUT2D eigenvalue weighted by atomic mass is 10.1. The summed E-state index contributed by atoms with van der Waals surface area (Å²) in [6.45, 7) is 2.68. The van der Waals surface area contributed by atoms with Gasteiger partial charge in [-0.1, -0.05) is 85.4 Å². The van der Waals surface area contributed by atoms with Gasteiger partial charge < -0.3 is 4.74 Å². The molecule has 25 heavy (non-hydrogen) atoms. The van der Waals surface area contributed by atoms with E-state index in [0.29, 0.717) is 12.2 Å². The molecule has 132 valence electrons. The largest absolute Gasteiger partial charge is 0.462 e. The van der Waals surface area contributed by atoms with E-state index in [1.54, 1.807) is 47.0 Å². The minimum Gasteiger partial charge on any atom is -0.462 e. The molecular weight excluding hydrogens is 388 g/mol. The number of carbonyl (C=O) groups is 1. The number of ether oxygens (including phenoxy) is 1. The van der Waals surface area contributed by atoms with Crippen molar-refractivity contribution >= 4 is 57.9 Å². The Morgan fingerprint density at radius 3 is 2.44 bits per heavy atom. The summed E-state index contributed by atoms with van der Waals surface area (Å²) in [6, 6.07) is 7.74. The zero-order valence-corrected chi connectivity index (χ0v) is 17.3. The molecule has 0 N–H and O–H groups in total. The summed E-state index contributed by atoms with van der Waals surface area (Å²) in [4.78, 5) is 13.3. The standard InChI is InChI=1S/C19H20O2S4/c1-2-3-4-5-10-21-17(20)15-8-6-14(7-9-15)16-13-24-19(25-16)18-22-11-12-23-18/h6-9,11-13H,2-5,10H2,1H3. The Morgan fingerprint density at radius 2 is 1.72 bits per heavy atom. The summed E-state index contributed by atoms with van der Waals surface area (Å²) in [5, 5.41) is 6.43. The van der Waals surface area contributed by atoms with Crippen molar-refractivity contribution in [2.24, 2.45) is 0 Å². The number of hydrogen-bond donors (Lipinski definition) is 0. The van der Waals surface area contributed by atoms with Crippen LogP contribution in [0.2, 0.25) is 0 Å². The number of hydrogen-bond acceptors (Lipinski definition) is 6. The van der Waals surface area contributed by atoms with Gasteiger partial charge in [0.05, 0.1) is 20.6 Å². The highest BCUT2D eigenvalue weighted by Crippen LogP contribution is 2.55. The van der Waals surface area contributed by atoms with Gasteiger partial charge in [0.25, 0.3) is 0 Å². The van der Waals surface area contributed by atoms with Crippen LogP contribution in [0.5, 0.6) is 0 Å². The van der Waals surface area contributed by atoms with Crippen LogP contribution in [0.15, 0.2) is 49.0 Å².